The van der Waals surface area contributed by atoms with Gasteiger partial charge in [-0.25, -0.2) is 14.0 Å². The van der Waals surface area contributed by atoms with E-state index in [2.05, 4.69) is 76.5 Å². The maximum absolute atomic E-state index is 13.5. The van der Waals surface area contributed by atoms with Crippen LogP contribution in [-0.4, -0.2) is 53.2 Å². The van der Waals surface area contributed by atoms with E-state index in [0.29, 0.717) is 0 Å². The molecule has 1 aliphatic rings. The molecule has 3 aromatic rings. The number of nitrogens with zero attached hydrogens (tertiary/aromatic N) is 2. The standard InChI is InChI=1S/C26H27FN2.C2H2O4/c27-24-10-7-9-23(21-24)22-15-19-28(20-16-22)17-8-18-29(25-11-3-1-4-12-25)26-13-5-2-6-14-26;3-1(4)2(5)6/h1-7,9-15,21H,8,16-20H2;(H,3,4)(H,5,6). The Labute approximate surface area is 204 Å². The van der Waals surface area contributed by atoms with E-state index < -0.39 is 11.9 Å². The van der Waals surface area contributed by atoms with E-state index in [-0.39, 0.29) is 5.82 Å². The normalized spacial score (nSPS) is 13.2. The average Bonchev–Trinajstić information content (AvgIpc) is 2.88. The van der Waals surface area contributed by atoms with Crippen molar-refractivity contribution in [1.29, 1.82) is 0 Å². The molecule has 1 aliphatic heterocycles. The minimum absolute atomic E-state index is 0.159. The summed E-state index contributed by atoms with van der Waals surface area (Å²) in [6, 6.07) is 28.1. The van der Waals surface area contributed by atoms with E-state index in [1.807, 2.05) is 6.07 Å². The van der Waals surface area contributed by atoms with Gasteiger partial charge in [-0.2, -0.15) is 0 Å². The molecule has 0 fully saturated rings. The van der Waals surface area contributed by atoms with Crippen molar-refractivity contribution < 1.29 is 24.2 Å². The lowest BCUT2D eigenvalue weighted by Crippen LogP contribution is -2.31. The zero-order chi connectivity index (χ0) is 25.0. The van der Waals surface area contributed by atoms with Crippen molar-refractivity contribution in [2.45, 2.75) is 12.8 Å². The van der Waals surface area contributed by atoms with Crippen LogP contribution < -0.4 is 4.90 Å². The van der Waals surface area contributed by atoms with Crippen LogP contribution in [0.5, 0.6) is 0 Å². The molecule has 0 aliphatic carbocycles. The Balaban J connectivity index is 0.000000509. The molecule has 0 aromatic heterocycles. The van der Waals surface area contributed by atoms with Crippen molar-refractivity contribution in [3.05, 3.63) is 102 Å². The summed E-state index contributed by atoms with van der Waals surface area (Å²) in [6.07, 6.45) is 4.32. The second-order valence-corrected chi connectivity index (χ2v) is 8.08. The average molecular weight is 477 g/mol. The van der Waals surface area contributed by atoms with E-state index in [1.54, 1.807) is 12.1 Å². The second kappa shape index (κ2) is 13.1. The number of carboxylic acids is 2. The first kappa shape index (κ1) is 25.6. The van der Waals surface area contributed by atoms with Gasteiger partial charge in [-0.1, -0.05) is 54.6 Å². The predicted molar refractivity (Wildman–Crippen MR) is 135 cm³/mol. The number of anilines is 2. The Kier molecular flexibility index (Phi) is 9.57. The van der Waals surface area contributed by atoms with Crippen molar-refractivity contribution in [3.8, 4) is 0 Å². The van der Waals surface area contributed by atoms with Gasteiger partial charge < -0.3 is 15.1 Å². The van der Waals surface area contributed by atoms with Gasteiger partial charge in [-0.15, -0.1) is 0 Å². The van der Waals surface area contributed by atoms with Crippen LogP contribution in [0.15, 0.2) is 91.0 Å². The van der Waals surface area contributed by atoms with Crippen molar-refractivity contribution in [1.82, 2.24) is 4.90 Å². The van der Waals surface area contributed by atoms with Gasteiger partial charge in [0.25, 0.3) is 0 Å². The Hall–Kier alpha value is -3.97. The molecule has 182 valence electrons. The fourth-order valence-electron chi connectivity index (χ4n) is 3.94. The van der Waals surface area contributed by atoms with Crippen molar-refractivity contribution in [2.24, 2.45) is 0 Å². The summed E-state index contributed by atoms with van der Waals surface area (Å²) in [4.78, 5) is 23.1. The topological polar surface area (TPSA) is 81.1 Å². The van der Waals surface area contributed by atoms with Gasteiger partial charge in [-0.3, -0.25) is 4.90 Å². The molecule has 6 nitrogen and oxygen atoms in total. The number of carbonyl (C=O) groups is 2. The zero-order valence-corrected chi connectivity index (χ0v) is 19.4. The monoisotopic (exact) mass is 476 g/mol. The fourth-order valence-corrected chi connectivity index (χ4v) is 3.94. The summed E-state index contributed by atoms with van der Waals surface area (Å²) in [5.41, 5.74) is 4.73. The fraction of sp³-hybridized carbons (Fsp3) is 0.214. The summed E-state index contributed by atoms with van der Waals surface area (Å²) in [7, 11) is 0. The highest BCUT2D eigenvalue weighted by atomic mass is 19.1. The zero-order valence-electron chi connectivity index (χ0n) is 19.4. The van der Waals surface area contributed by atoms with E-state index in [0.717, 1.165) is 44.6 Å². The van der Waals surface area contributed by atoms with Crippen LogP contribution in [0.2, 0.25) is 0 Å². The summed E-state index contributed by atoms with van der Waals surface area (Å²) in [5.74, 6) is -3.81. The number of aliphatic carboxylic acids is 2. The minimum Gasteiger partial charge on any atom is -0.473 e. The molecular formula is C28H29FN2O4. The van der Waals surface area contributed by atoms with Crippen molar-refractivity contribution in [2.75, 3.05) is 31.1 Å². The first-order valence-electron chi connectivity index (χ1n) is 11.4. The van der Waals surface area contributed by atoms with Gasteiger partial charge in [0.15, 0.2) is 0 Å². The van der Waals surface area contributed by atoms with E-state index in [1.165, 1.54) is 23.0 Å². The molecule has 3 aromatic carbocycles. The molecule has 0 saturated heterocycles. The predicted octanol–water partition coefficient (Wildman–Crippen LogP) is 5.30. The molecule has 1 heterocycles. The highest BCUT2D eigenvalue weighted by molar-refractivity contribution is 6.27. The summed E-state index contributed by atoms with van der Waals surface area (Å²) < 4.78 is 13.5. The van der Waals surface area contributed by atoms with E-state index in [4.69, 9.17) is 19.8 Å². The third kappa shape index (κ3) is 8.08. The van der Waals surface area contributed by atoms with Crippen LogP contribution in [0.4, 0.5) is 15.8 Å². The number of benzene rings is 3. The number of rotatable bonds is 7. The first-order valence-corrected chi connectivity index (χ1v) is 11.4. The van der Waals surface area contributed by atoms with E-state index >= 15 is 0 Å². The van der Waals surface area contributed by atoms with Crippen LogP contribution >= 0.6 is 0 Å². The molecular weight excluding hydrogens is 447 g/mol. The molecule has 0 spiro atoms. The lowest BCUT2D eigenvalue weighted by Gasteiger charge is -2.29. The van der Waals surface area contributed by atoms with Crippen molar-refractivity contribution in [3.63, 3.8) is 0 Å². The maximum atomic E-state index is 13.5. The van der Waals surface area contributed by atoms with E-state index in [9.17, 15) is 4.39 Å². The molecule has 0 unspecified atom stereocenters. The molecule has 0 atom stereocenters. The summed E-state index contributed by atoms with van der Waals surface area (Å²) in [6.45, 7) is 4.00. The maximum Gasteiger partial charge on any atom is 0.414 e. The highest BCUT2D eigenvalue weighted by Crippen LogP contribution is 2.26. The van der Waals surface area contributed by atoms with Gasteiger partial charge in [-0.05, 0) is 60.4 Å². The van der Waals surface area contributed by atoms with Crippen LogP contribution in [0.25, 0.3) is 5.57 Å². The summed E-state index contributed by atoms with van der Waals surface area (Å²) in [5, 5.41) is 14.8. The molecule has 35 heavy (non-hydrogen) atoms. The van der Waals surface area contributed by atoms with Crippen LogP contribution in [0.3, 0.4) is 0 Å². The Morgan fingerprint density at radius 2 is 1.46 bits per heavy atom. The molecule has 0 amide bonds. The molecule has 4 rings (SSSR count). The Morgan fingerprint density at radius 1 is 0.857 bits per heavy atom. The lowest BCUT2D eigenvalue weighted by atomic mass is 9.99. The van der Waals surface area contributed by atoms with Gasteiger partial charge in [0.2, 0.25) is 0 Å². The van der Waals surface area contributed by atoms with Crippen LogP contribution in [0, 0.1) is 5.82 Å². The largest absolute Gasteiger partial charge is 0.473 e. The number of hydrogen-bond acceptors (Lipinski definition) is 4. The van der Waals surface area contributed by atoms with Gasteiger partial charge >= 0.3 is 11.9 Å². The third-order valence-electron chi connectivity index (χ3n) is 5.66. The van der Waals surface area contributed by atoms with Crippen LogP contribution in [0.1, 0.15) is 18.4 Å². The third-order valence-corrected chi connectivity index (χ3v) is 5.66. The quantitative estimate of drug-likeness (QED) is 0.451. The van der Waals surface area contributed by atoms with Gasteiger partial charge in [0.1, 0.15) is 5.82 Å². The van der Waals surface area contributed by atoms with Gasteiger partial charge in [0.05, 0.1) is 0 Å². The molecule has 0 saturated carbocycles. The number of para-hydroxylation sites is 2. The Morgan fingerprint density at radius 3 is 1.94 bits per heavy atom. The van der Waals surface area contributed by atoms with Gasteiger partial charge in [0, 0.05) is 37.6 Å². The number of carboxylic acid groups (broad SMARTS) is 2. The van der Waals surface area contributed by atoms with Crippen molar-refractivity contribution >= 4 is 28.9 Å². The second-order valence-electron chi connectivity index (χ2n) is 8.08. The Bertz CT molecular complexity index is 1080. The number of hydrogen-bond donors (Lipinski definition) is 2. The first-order chi connectivity index (χ1) is 16.9. The molecule has 2 N–H and O–H groups in total. The molecule has 7 heteroatoms. The SMILES string of the molecule is Fc1cccc(C2=CCN(CCCN(c3ccccc3)c3ccccc3)CC2)c1.O=C(O)C(=O)O. The van der Waals surface area contributed by atoms with Crippen LogP contribution in [-0.2, 0) is 9.59 Å². The molecule has 0 radical (unpaired) electrons. The summed E-state index contributed by atoms with van der Waals surface area (Å²) >= 11 is 0. The highest BCUT2D eigenvalue weighted by Gasteiger charge is 2.14. The molecule has 0 bridgehead atoms. The minimum atomic E-state index is -1.82. The smallest absolute Gasteiger partial charge is 0.414 e. The number of halogens is 1. The lowest BCUT2D eigenvalue weighted by molar-refractivity contribution is -0.159.